The van der Waals surface area contributed by atoms with Crippen LogP contribution in [0.1, 0.15) is 0 Å². The first kappa shape index (κ1) is 10.7. The first-order chi connectivity index (χ1) is 8.78. The zero-order valence-electron chi connectivity index (χ0n) is 9.64. The number of hydrogen-bond donors (Lipinski definition) is 0. The lowest BCUT2D eigenvalue weighted by Crippen LogP contribution is -1.99. The van der Waals surface area contributed by atoms with Crippen molar-refractivity contribution >= 4 is 0 Å². The van der Waals surface area contributed by atoms with Gasteiger partial charge in [0.25, 0.3) is 0 Å². The maximum Gasteiger partial charge on any atom is 0.339 e. The van der Waals surface area contributed by atoms with Crippen LogP contribution in [-0.2, 0) is 0 Å². The molecule has 0 atom stereocenters. The van der Waals surface area contributed by atoms with Gasteiger partial charge in [-0.05, 0) is 12.1 Å². The molecule has 1 aliphatic rings. The van der Waals surface area contributed by atoms with Crippen molar-refractivity contribution < 1.29 is 18.6 Å². The van der Waals surface area contributed by atoms with E-state index in [4.69, 9.17) is 18.6 Å². The van der Waals surface area contributed by atoms with E-state index in [2.05, 4.69) is 0 Å². The van der Waals surface area contributed by atoms with Crippen LogP contribution in [-0.4, -0.2) is 13.9 Å². The van der Waals surface area contributed by atoms with Gasteiger partial charge in [-0.1, -0.05) is 6.07 Å². The van der Waals surface area contributed by atoms with Crippen LogP contribution >= 0.6 is 0 Å². The highest BCUT2D eigenvalue weighted by Crippen LogP contribution is 2.41. The summed E-state index contributed by atoms with van der Waals surface area (Å²) in [5.74, 6) is 2.05. The highest BCUT2D eigenvalue weighted by molar-refractivity contribution is 5.71. The van der Waals surface area contributed by atoms with Gasteiger partial charge in [-0.2, -0.15) is 0 Å². The van der Waals surface area contributed by atoms with E-state index in [1.54, 1.807) is 18.2 Å². The molecule has 0 unspecified atom stereocenters. The van der Waals surface area contributed by atoms with E-state index in [1.165, 1.54) is 13.2 Å². The van der Waals surface area contributed by atoms with Gasteiger partial charge in [-0.15, -0.1) is 0 Å². The minimum atomic E-state index is -0.471. The fourth-order valence-electron chi connectivity index (χ4n) is 1.83. The van der Waals surface area contributed by atoms with E-state index in [-0.39, 0.29) is 6.79 Å². The highest BCUT2D eigenvalue weighted by atomic mass is 16.7. The molecular formula is C13H10O5. The quantitative estimate of drug-likeness (QED) is 0.811. The topological polar surface area (TPSA) is 57.9 Å². The summed E-state index contributed by atoms with van der Waals surface area (Å²) in [7, 11) is 1.49. The van der Waals surface area contributed by atoms with Crippen LogP contribution in [0, 0.1) is 0 Å². The summed E-state index contributed by atoms with van der Waals surface area (Å²) in [5.41, 5.74) is 0.196. The third kappa shape index (κ3) is 1.69. The van der Waals surface area contributed by atoms with Crippen molar-refractivity contribution in [1.82, 2.24) is 0 Å². The van der Waals surface area contributed by atoms with Crippen molar-refractivity contribution in [2.24, 2.45) is 0 Å². The van der Waals surface area contributed by atoms with Gasteiger partial charge in [0.2, 0.25) is 6.79 Å². The number of benzene rings is 1. The largest absolute Gasteiger partial charge is 0.496 e. The summed E-state index contributed by atoms with van der Waals surface area (Å²) >= 11 is 0. The molecule has 0 spiro atoms. The molecule has 1 aromatic heterocycles. The van der Waals surface area contributed by atoms with Crippen molar-refractivity contribution in [1.29, 1.82) is 0 Å². The number of rotatable bonds is 2. The van der Waals surface area contributed by atoms with Crippen LogP contribution < -0.4 is 19.8 Å². The van der Waals surface area contributed by atoms with E-state index in [0.717, 1.165) is 0 Å². The maximum absolute atomic E-state index is 11.4. The Morgan fingerprint density at radius 2 is 2.11 bits per heavy atom. The predicted octanol–water partition coefficient (Wildman–Crippen LogP) is 2.04. The molecule has 0 saturated carbocycles. The molecular weight excluding hydrogens is 236 g/mol. The zero-order valence-corrected chi connectivity index (χ0v) is 9.64. The average molecular weight is 246 g/mol. The summed E-state index contributed by atoms with van der Waals surface area (Å²) in [6.45, 7) is 0.167. The number of hydrogen-bond acceptors (Lipinski definition) is 5. The van der Waals surface area contributed by atoms with Crippen LogP contribution in [0.25, 0.3) is 11.3 Å². The molecule has 0 aliphatic carbocycles. The van der Waals surface area contributed by atoms with Gasteiger partial charge in [-0.3, -0.25) is 0 Å². The maximum atomic E-state index is 11.4. The third-order valence-electron chi connectivity index (χ3n) is 2.64. The molecule has 5 nitrogen and oxygen atoms in total. The SMILES string of the molecule is COc1cc(-c2cccc3c2OCO3)oc(=O)c1. The molecule has 0 radical (unpaired) electrons. The molecule has 1 aliphatic heterocycles. The lowest BCUT2D eigenvalue weighted by atomic mass is 10.1. The number of methoxy groups -OCH3 is 1. The fraction of sp³-hybridized carbons (Fsp3) is 0.154. The van der Waals surface area contributed by atoms with E-state index < -0.39 is 5.63 Å². The van der Waals surface area contributed by atoms with Crippen molar-refractivity contribution in [3.8, 4) is 28.6 Å². The standard InChI is InChI=1S/C13H10O5/c1-15-8-5-11(18-12(14)6-8)9-3-2-4-10-13(9)17-7-16-10/h2-6H,7H2,1H3. The molecule has 0 N–H and O–H groups in total. The monoisotopic (exact) mass is 246 g/mol. The van der Waals surface area contributed by atoms with Crippen molar-refractivity contribution in [2.75, 3.05) is 13.9 Å². The first-order valence-electron chi connectivity index (χ1n) is 5.36. The molecule has 3 rings (SSSR count). The van der Waals surface area contributed by atoms with Crippen LogP contribution in [0.4, 0.5) is 0 Å². The van der Waals surface area contributed by atoms with Crippen molar-refractivity contribution in [3.63, 3.8) is 0 Å². The normalized spacial score (nSPS) is 12.5. The minimum Gasteiger partial charge on any atom is -0.496 e. The van der Waals surface area contributed by atoms with Crippen LogP contribution in [0.2, 0.25) is 0 Å². The Morgan fingerprint density at radius 3 is 2.94 bits per heavy atom. The Morgan fingerprint density at radius 1 is 1.22 bits per heavy atom. The Bertz CT molecular complexity index is 644. The van der Waals surface area contributed by atoms with Gasteiger partial charge >= 0.3 is 5.63 Å². The van der Waals surface area contributed by atoms with Crippen LogP contribution in [0.3, 0.4) is 0 Å². The summed E-state index contributed by atoms with van der Waals surface area (Å²) in [6, 6.07) is 8.32. The van der Waals surface area contributed by atoms with Gasteiger partial charge in [0.1, 0.15) is 11.5 Å². The van der Waals surface area contributed by atoms with Gasteiger partial charge in [0.15, 0.2) is 11.5 Å². The van der Waals surface area contributed by atoms with E-state index in [9.17, 15) is 4.79 Å². The number of fused-ring (bicyclic) bond motifs is 1. The summed E-state index contributed by atoms with van der Waals surface area (Å²) in [5, 5.41) is 0. The number of ether oxygens (including phenoxy) is 3. The first-order valence-corrected chi connectivity index (χ1v) is 5.36. The van der Waals surface area contributed by atoms with Gasteiger partial charge in [0.05, 0.1) is 18.7 Å². The number of para-hydroxylation sites is 1. The molecule has 18 heavy (non-hydrogen) atoms. The lowest BCUT2D eigenvalue weighted by molar-refractivity contribution is 0.174. The third-order valence-corrected chi connectivity index (χ3v) is 2.64. The Labute approximate surface area is 103 Å². The van der Waals surface area contributed by atoms with Crippen LogP contribution in [0.15, 0.2) is 39.5 Å². The lowest BCUT2D eigenvalue weighted by Gasteiger charge is -2.05. The van der Waals surface area contributed by atoms with Crippen LogP contribution in [0.5, 0.6) is 17.2 Å². The van der Waals surface area contributed by atoms with Crippen molar-refractivity contribution in [2.45, 2.75) is 0 Å². The summed E-state index contributed by atoms with van der Waals surface area (Å²) in [4.78, 5) is 11.4. The van der Waals surface area contributed by atoms with Crippen molar-refractivity contribution in [3.05, 3.63) is 40.8 Å². The summed E-state index contributed by atoms with van der Waals surface area (Å²) < 4.78 is 20.9. The second-order valence-corrected chi connectivity index (χ2v) is 3.72. The van der Waals surface area contributed by atoms with Gasteiger partial charge in [0, 0.05) is 6.07 Å². The van der Waals surface area contributed by atoms with Gasteiger partial charge < -0.3 is 18.6 Å². The van der Waals surface area contributed by atoms with E-state index >= 15 is 0 Å². The van der Waals surface area contributed by atoms with E-state index in [1.807, 2.05) is 6.07 Å². The zero-order chi connectivity index (χ0) is 12.5. The second-order valence-electron chi connectivity index (χ2n) is 3.72. The predicted molar refractivity (Wildman–Crippen MR) is 63.1 cm³/mol. The molecule has 0 amide bonds. The summed E-state index contributed by atoms with van der Waals surface area (Å²) in [6.07, 6.45) is 0. The fourth-order valence-corrected chi connectivity index (χ4v) is 1.83. The molecule has 2 aromatic rings. The minimum absolute atomic E-state index is 0.167. The molecule has 2 heterocycles. The Hall–Kier alpha value is -2.43. The Balaban J connectivity index is 2.18. The van der Waals surface area contributed by atoms with Gasteiger partial charge in [-0.25, -0.2) is 4.79 Å². The average Bonchev–Trinajstić information content (AvgIpc) is 2.85. The molecule has 0 fully saturated rings. The Kier molecular flexibility index (Phi) is 2.44. The second kappa shape index (κ2) is 4.10. The highest BCUT2D eigenvalue weighted by Gasteiger charge is 2.20. The van der Waals surface area contributed by atoms with E-state index in [0.29, 0.717) is 28.6 Å². The molecule has 0 saturated heterocycles. The molecule has 0 bridgehead atoms. The molecule has 92 valence electrons. The molecule has 5 heteroatoms. The smallest absolute Gasteiger partial charge is 0.339 e. The molecule has 1 aromatic carbocycles.